The van der Waals surface area contributed by atoms with Crippen LogP contribution in [0.3, 0.4) is 0 Å². The molecule has 0 saturated carbocycles. The molecule has 3 heterocycles. The molecule has 2 aromatic carbocycles. The van der Waals surface area contributed by atoms with E-state index in [1.54, 1.807) is 25.6 Å². The number of rotatable bonds is 5. The molecule has 0 saturated heterocycles. The van der Waals surface area contributed by atoms with Gasteiger partial charge in [-0.25, -0.2) is 4.39 Å². The maximum Gasteiger partial charge on any atom is 0.158 e. The Kier molecular flexibility index (Phi) is 4.72. The predicted molar refractivity (Wildman–Crippen MR) is 118 cm³/mol. The van der Waals surface area contributed by atoms with Gasteiger partial charge in [-0.05, 0) is 35.9 Å². The van der Waals surface area contributed by atoms with E-state index in [9.17, 15) is 4.39 Å². The van der Waals surface area contributed by atoms with Crippen molar-refractivity contribution in [1.82, 2.24) is 15.2 Å². The number of halogens is 1. The van der Waals surface area contributed by atoms with E-state index in [4.69, 9.17) is 4.74 Å². The second kappa shape index (κ2) is 7.68. The second-order valence-corrected chi connectivity index (χ2v) is 7.73. The number of pyridine rings is 1. The lowest BCUT2D eigenvalue weighted by Crippen LogP contribution is -2.04. The molecule has 7 heteroatoms. The molecule has 5 nitrogen and oxygen atoms in total. The van der Waals surface area contributed by atoms with Gasteiger partial charge in [-0.3, -0.25) is 4.98 Å². The Labute approximate surface area is 176 Å². The van der Waals surface area contributed by atoms with Crippen LogP contribution in [0.1, 0.15) is 5.56 Å². The maximum atomic E-state index is 13.8. The van der Waals surface area contributed by atoms with Gasteiger partial charge in [0.1, 0.15) is 17.3 Å². The maximum absolute atomic E-state index is 13.8. The number of benzene rings is 2. The van der Waals surface area contributed by atoms with E-state index in [1.807, 2.05) is 42.5 Å². The molecule has 0 amide bonds. The molecule has 30 heavy (non-hydrogen) atoms. The Morgan fingerprint density at radius 3 is 2.87 bits per heavy atom. The molecule has 148 valence electrons. The number of fused-ring (bicyclic) bond motifs is 2. The third-order valence-corrected chi connectivity index (χ3v) is 5.89. The summed E-state index contributed by atoms with van der Waals surface area (Å²) in [6.07, 6.45) is 3.52. The lowest BCUT2D eigenvalue weighted by atomic mass is 10.1. The molecule has 0 aliphatic heterocycles. The molecule has 0 bridgehead atoms. The van der Waals surface area contributed by atoms with Crippen LogP contribution < -0.4 is 10.1 Å². The minimum atomic E-state index is -0.196. The summed E-state index contributed by atoms with van der Waals surface area (Å²) in [5.74, 6) is 1.27. The highest BCUT2D eigenvalue weighted by atomic mass is 32.1. The zero-order valence-electron chi connectivity index (χ0n) is 16.1. The van der Waals surface area contributed by atoms with Crippen molar-refractivity contribution >= 4 is 38.0 Å². The van der Waals surface area contributed by atoms with Crippen molar-refractivity contribution in [1.29, 1.82) is 0 Å². The van der Waals surface area contributed by atoms with Crippen LogP contribution in [-0.2, 0) is 6.54 Å². The first-order valence-corrected chi connectivity index (χ1v) is 10.3. The normalized spacial score (nSPS) is 11.1. The van der Waals surface area contributed by atoms with Gasteiger partial charge in [0.2, 0.25) is 0 Å². The Bertz CT molecular complexity index is 1370. The van der Waals surface area contributed by atoms with Gasteiger partial charge >= 0.3 is 0 Å². The zero-order valence-corrected chi connectivity index (χ0v) is 16.9. The monoisotopic (exact) mass is 416 g/mol. The first-order chi connectivity index (χ1) is 14.7. The van der Waals surface area contributed by atoms with Gasteiger partial charge in [-0.15, -0.1) is 21.5 Å². The van der Waals surface area contributed by atoms with E-state index in [-0.39, 0.29) is 5.82 Å². The molecule has 0 spiro atoms. The molecular formula is C23H17FN4OS. The summed E-state index contributed by atoms with van der Waals surface area (Å²) >= 11 is 1.38. The van der Waals surface area contributed by atoms with Gasteiger partial charge in [0.15, 0.2) is 5.82 Å². The SMILES string of the molecule is COc1cccc(CNc2nnc(-c3ccc4c(F)csc4c3)c3ccncc23)c1. The number of methoxy groups -OCH3 is 1. The van der Waals surface area contributed by atoms with Crippen molar-refractivity contribution < 1.29 is 9.13 Å². The van der Waals surface area contributed by atoms with Crippen LogP contribution in [-0.4, -0.2) is 22.3 Å². The van der Waals surface area contributed by atoms with Crippen molar-refractivity contribution in [2.45, 2.75) is 6.54 Å². The summed E-state index contributed by atoms with van der Waals surface area (Å²) in [4.78, 5) is 4.27. The molecule has 1 N–H and O–H groups in total. The van der Waals surface area contributed by atoms with E-state index in [1.165, 1.54) is 16.7 Å². The zero-order chi connectivity index (χ0) is 20.5. The molecular weight excluding hydrogens is 399 g/mol. The largest absolute Gasteiger partial charge is 0.497 e. The fourth-order valence-corrected chi connectivity index (χ4v) is 4.30. The van der Waals surface area contributed by atoms with E-state index in [2.05, 4.69) is 20.5 Å². The molecule has 0 unspecified atom stereocenters. The quantitative estimate of drug-likeness (QED) is 0.400. The predicted octanol–water partition coefficient (Wildman–Crippen LogP) is 5.67. The highest BCUT2D eigenvalue weighted by molar-refractivity contribution is 7.17. The summed E-state index contributed by atoms with van der Waals surface area (Å²) in [6.45, 7) is 0.579. The Morgan fingerprint density at radius 2 is 1.97 bits per heavy atom. The van der Waals surface area contributed by atoms with Crippen molar-refractivity contribution in [2.75, 3.05) is 12.4 Å². The van der Waals surface area contributed by atoms with Gasteiger partial charge in [0, 0.05) is 50.7 Å². The lowest BCUT2D eigenvalue weighted by molar-refractivity contribution is 0.414. The highest BCUT2D eigenvalue weighted by Gasteiger charge is 2.13. The fourth-order valence-electron chi connectivity index (χ4n) is 3.45. The number of thiophene rings is 1. The van der Waals surface area contributed by atoms with Gasteiger partial charge < -0.3 is 10.1 Å². The minimum Gasteiger partial charge on any atom is -0.497 e. The molecule has 3 aromatic heterocycles. The van der Waals surface area contributed by atoms with Crippen molar-refractivity contribution in [3.8, 4) is 17.0 Å². The first-order valence-electron chi connectivity index (χ1n) is 9.37. The fraction of sp³-hybridized carbons (Fsp3) is 0.0870. The molecule has 0 radical (unpaired) electrons. The van der Waals surface area contributed by atoms with E-state index in [0.717, 1.165) is 38.0 Å². The number of hydrogen-bond donors (Lipinski definition) is 1. The number of aromatic nitrogens is 3. The van der Waals surface area contributed by atoms with Gasteiger partial charge in [0.05, 0.1) is 7.11 Å². The average Bonchev–Trinajstić information content (AvgIpc) is 3.17. The second-order valence-electron chi connectivity index (χ2n) is 6.82. The summed E-state index contributed by atoms with van der Waals surface area (Å²) < 4.78 is 20.0. The molecule has 5 aromatic rings. The number of hydrogen-bond acceptors (Lipinski definition) is 6. The summed E-state index contributed by atoms with van der Waals surface area (Å²) in [5.41, 5.74) is 2.71. The topological polar surface area (TPSA) is 59.9 Å². The van der Waals surface area contributed by atoms with Crippen LogP contribution in [0.5, 0.6) is 5.75 Å². The van der Waals surface area contributed by atoms with Gasteiger partial charge in [-0.1, -0.05) is 18.2 Å². The van der Waals surface area contributed by atoms with E-state index in [0.29, 0.717) is 17.7 Å². The van der Waals surface area contributed by atoms with Gasteiger partial charge in [0.25, 0.3) is 0 Å². The first kappa shape index (κ1) is 18.4. The van der Waals surface area contributed by atoms with E-state index >= 15 is 0 Å². The number of nitrogens with one attached hydrogen (secondary N) is 1. The Balaban J connectivity index is 1.52. The molecule has 0 fully saturated rings. The minimum absolute atomic E-state index is 0.196. The van der Waals surface area contributed by atoms with Gasteiger partial charge in [-0.2, -0.15) is 0 Å². The van der Waals surface area contributed by atoms with Crippen molar-refractivity contribution in [3.05, 3.63) is 77.7 Å². The number of anilines is 1. The highest BCUT2D eigenvalue weighted by Crippen LogP contribution is 2.33. The van der Waals surface area contributed by atoms with Crippen LogP contribution in [0.2, 0.25) is 0 Å². The van der Waals surface area contributed by atoms with Crippen LogP contribution >= 0.6 is 11.3 Å². The molecule has 5 rings (SSSR count). The summed E-state index contributed by atoms with van der Waals surface area (Å²) in [5, 5.41) is 16.2. The Morgan fingerprint density at radius 1 is 1.03 bits per heavy atom. The number of nitrogens with zero attached hydrogens (tertiary/aromatic N) is 3. The molecule has 0 aliphatic carbocycles. The van der Waals surface area contributed by atoms with Crippen molar-refractivity contribution in [2.24, 2.45) is 0 Å². The smallest absolute Gasteiger partial charge is 0.158 e. The van der Waals surface area contributed by atoms with Crippen molar-refractivity contribution in [3.63, 3.8) is 0 Å². The Hall–Kier alpha value is -3.58. The molecule has 0 atom stereocenters. The van der Waals surface area contributed by atoms with Crippen LogP contribution in [0, 0.1) is 5.82 Å². The lowest BCUT2D eigenvalue weighted by Gasteiger charge is -2.11. The average molecular weight is 416 g/mol. The summed E-state index contributed by atoms with van der Waals surface area (Å²) in [7, 11) is 1.65. The van der Waals surface area contributed by atoms with E-state index < -0.39 is 0 Å². The third kappa shape index (κ3) is 3.33. The van der Waals surface area contributed by atoms with Crippen LogP contribution in [0.4, 0.5) is 10.2 Å². The third-order valence-electron chi connectivity index (χ3n) is 4.98. The summed E-state index contributed by atoms with van der Waals surface area (Å²) in [6, 6.07) is 15.4. The van der Waals surface area contributed by atoms with Crippen LogP contribution in [0.15, 0.2) is 66.3 Å². The van der Waals surface area contributed by atoms with Crippen LogP contribution in [0.25, 0.3) is 32.1 Å². The number of ether oxygens (including phenoxy) is 1. The molecule has 0 aliphatic rings. The standard InChI is InChI=1S/C23H17FN4OS/c1-29-16-4-2-3-14(9-16)11-26-23-19-12-25-8-7-17(19)22(27-28-23)15-5-6-18-20(24)13-30-21(18)10-15/h2-10,12-13H,11H2,1H3,(H,26,28).